The molecular formula is C26H26F2N4O4. The molecular weight excluding hydrogens is 470 g/mol. The Kier molecular flexibility index (Phi) is 6.87. The number of ether oxygens (including phenoxy) is 1. The number of carbonyl (C=O) groups is 2. The van der Waals surface area contributed by atoms with Gasteiger partial charge in [-0.15, -0.1) is 0 Å². The van der Waals surface area contributed by atoms with E-state index in [9.17, 15) is 23.2 Å². The van der Waals surface area contributed by atoms with Crippen molar-refractivity contribution in [2.24, 2.45) is 0 Å². The summed E-state index contributed by atoms with van der Waals surface area (Å²) in [5, 5.41) is 9.61. The molecule has 0 spiro atoms. The molecule has 2 N–H and O–H groups in total. The zero-order chi connectivity index (χ0) is 26.0. The van der Waals surface area contributed by atoms with Crippen LogP contribution in [0.15, 0.2) is 65.6 Å². The number of rotatable bonds is 5. The molecule has 0 fully saturated rings. The third-order valence-electron chi connectivity index (χ3n) is 5.72. The van der Waals surface area contributed by atoms with Gasteiger partial charge in [0.05, 0.1) is 12.1 Å². The average Bonchev–Trinajstić information content (AvgIpc) is 3.12. The van der Waals surface area contributed by atoms with Crippen LogP contribution >= 0.6 is 0 Å². The van der Waals surface area contributed by atoms with Gasteiger partial charge in [0.25, 0.3) is 5.56 Å². The number of amides is 2. The molecule has 188 valence electrons. The predicted molar refractivity (Wildman–Crippen MR) is 127 cm³/mol. The molecule has 10 heteroatoms. The standard InChI is InChI=1S/C26H26F2N4O4/c1-26(2,3)36-25(35)31-22-17-8-5-4-7-15(17)13-20(22)30-24(34)23(32-21(33)9-6-12-29-32)18-11-10-16(27)14-19(18)28/h4-12,14,20,22-23H,13H2,1-3H3,(H,30,34)(H,31,35)/t20-,22?,23?/m0/s1. The highest BCUT2D eigenvalue weighted by molar-refractivity contribution is 5.84. The highest BCUT2D eigenvalue weighted by atomic mass is 19.1. The molecule has 0 aliphatic heterocycles. The molecule has 36 heavy (non-hydrogen) atoms. The average molecular weight is 497 g/mol. The number of nitrogens with zero attached hydrogens (tertiary/aromatic N) is 2. The molecule has 0 saturated heterocycles. The minimum absolute atomic E-state index is 0.220. The van der Waals surface area contributed by atoms with Gasteiger partial charge in [0.15, 0.2) is 6.04 Å². The molecule has 0 bridgehead atoms. The van der Waals surface area contributed by atoms with Crippen LogP contribution in [0.4, 0.5) is 13.6 Å². The van der Waals surface area contributed by atoms with E-state index in [4.69, 9.17) is 4.74 Å². The van der Waals surface area contributed by atoms with E-state index in [1.165, 1.54) is 18.3 Å². The molecule has 0 radical (unpaired) electrons. The number of alkyl carbamates (subject to hydrolysis) is 1. The zero-order valence-corrected chi connectivity index (χ0v) is 20.0. The van der Waals surface area contributed by atoms with Crippen LogP contribution in [0.25, 0.3) is 0 Å². The summed E-state index contributed by atoms with van der Waals surface area (Å²) >= 11 is 0. The molecule has 1 aromatic heterocycles. The first-order chi connectivity index (χ1) is 17.0. The maximum absolute atomic E-state index is 14.8. The van der Waals surface area contributed by atoms with E-state index in [1.54, 1.807) is 20.8 Å². The van der Waals surface area contributed by atoms with Gasteiger partial charge in [-0.1, -0.05) is 30.3 Å². The number of carbonyl (C=O) groups excluding carboxylic acids is 2. The monoisotopic (exact) mass is 496 g/mol. The maximum Gasteiger partial charge on any atom is 0.408 e. The van der Waals surface area contributed by atoms with E-state index in [2.05, 4.69) is 15.7 Å². The molecule has 3 aromatic rings. The summed E-state index contributed by atoms with van der Waals surface area (Å²) in [6, 6.07) is 9.93. The lowest BCUT2D eigenvalue weighted by Gasteiger charge is -2.27. The third kappa shape index (κ3) is 5.42. The third-order valence-corrected chi connectivity index (χ3v) is 5.72. The Hall–Kier alpha value is -4.08. The van der Waals surface area contributed by atoms with Crippen LogP contribution in [0.3, 0.4) is 0 Å². The van der Waals surface area contributed by atoms with Gasteiger partial charge in [-0.25, -0.2) is 18.3 Å². The Morgan fingerprint density at radius 1 is 1.08 bits per heavy atom. The Balaban J connectivity index is 1.67. The number of hydrogen-bond acceptors (Lipinski definition) is 5. The molecule has 8 nitrogen and oxygen atoms in total. The highest BCUT2D eigenvalue weighted by Crippen LogP contribution is 2.32. The minimum Gasteiger partial charge on any atom is -0.444 e. The van der Waals surface area contributed by atoms with Crippen LogP contribution in [-0.2, 0) is 16.0 Å². The van der Waals surface area contributed by atoms with Gasteiger partial charge in [0.2, 0.25) is 5.91 Å². The zero-order valence-electron chi connectivity index (χ0n) is 20.0. The van der Waals surface area contributed by atoms with E-state index in [-0.39, 0.29) is 5.56 Å². The summed E-state index contributed by atoms with van der Waals surface area (Å²) < 4.78 is 34.6. The van der Waals surface area contributed by atoms with E-state index in [0.717, 1.165) is 27.9 Å². The van der Waals surface area contributed by atoms with Crippen LogP contribution in [-0.4, -0.2) is 33.4 Å². The number of nitrogens with one attached hydrogen (secondary N) is 2. The molecule has 1 aliphatic rings. The van der Waals surface area contributed by atoms with Gasteiger partial charge in [0, 0.05) is 23.9 Å². The largest absolute Gasteiger partial charge is 0.444 e. The van der Waals surface area contributed by atoms with Crippen molar-refractivity contribution in [3.63, 3.8) is 0 Å². The first-order valence-corrected chi connectivity index (χ1v) is 11.4. The molecule has 1 heterocycles. The van der Waals surface area contributed by atoms with Gasteiger partial charge in [-0.2, -0.15) is 5.10 Å². The summed E-state index contributed by atoms with van der Waals surface area (Å²) in [7, 11) is 0. The molecule has 2 unspecified atom stereocenters. The van der Waals surface area contributed by atoms with E-state index in [0.29, 0.717) is 12.5 Å². The van der Waals surface area contributed by atoms with Crippen molar-refractivity contribution in [1.29, 1.82) is 0 Å². The number of fused-ring (bicyclic) bond motifs is 1. The van der Waals surface area contributed by atoms with Crippen LogP contribution in [0.2, 0.25) is 0 Å². The van der Waals surface area contributed by atoms with Crippen LogP contribution in [0, 0.1) is 11.6 Å². The SMILES string of the molecule is CC(C)(C)OC(=O)NC1c2ccccc2C[C@@H]1NC(=O)C(c1ccc(F)cc1F)n1ncccc1=O. The van der Waals surface area contributed by atoms with Crippen molar-refractivity contribution in [3.05, 3.63) is 99.5 Å². The fourth-order valence-electron chi connectivity index (χ4n) is 4.27. The molecule has 1 aliphatic carbocycles. The summed E-state index contributed by atoms with van der Waals surface area (Å²) in [5.74, 6) is -2.56. The first kappa shape index (κ1) is 25.0. The van der Waals surface area contributed by atoms with Gasteiger partial charge in [-0.3, -0.25) is 9.59 Å². The normalized spacial score (nSPS) is 17.7. The van der Waals surface area contributed by atoms with Crippen molar-refractivity contribution in [2.45, 2.75) is 50.9 Å². The van der Waals surface area contributed by atoms with Crippen LogP contribution < -0.4 is 16.2 Å². The van der Waals surface area contributed by atoms with E-state index >= 15 is 0 Å². The van der Waals surface area contributed by atoms with Gasteiger partial charge in [-0.05, 0) is 50.5 Å². The van der Waals surface area contributed by atoms with Crippen LogP contribution in [0.5, 0.6) is 0 Å². The Bertz CT molecular complexity index is 1350. The molecule has 3 atom stereocenters. The minimum atomic E-state index is -1.51. The lowest BCUT2D eigenvalue weighted by molar-refractivity contribution is -0.124. The summed E-state index contributed by atoms with van der Waals surface area (Å²) in [6.45, 7) is 5.21. The van der Waals surface area contributed by atoms with E-state index < -0.39 is 52.9 Å². The molecule has 0 saturated carbocycles. The molecule has 4 rings (SSSR count). The Labute approximate surface area is 206 Å². The fourth-order valence-corrected chi connectivity index (χ4v) is 4.27. The van der Waals surface area contributed by atoms with Gasteiger partial charge in [0.1, 0.15) is 17.2 Å². The van der Waals surface area contributed by atoms with Gasteiger partial charge >= 0.3 is 6.09 Å². The predicted octanol–water partition coefficient (Wildman–Crippen LogP) is 3.42. The Morgan fingerprint density at radius 3 is 2.53 bits per heavy atom. The number of halogens is 2. The van der Waals surface area contributed by atoms with Crippen molar-refractivity contribution in [3.8, 4) is 0 Å². The van der Waals surface area contributed by atoms with Gasteiger partial charge < -0.3 is 15.4 Å². The lowest BCUT2D eigenvalue weighted by Crippen LogP contribution is -2.48. The number of benzene rings is 2. The fraction of sp³-hybridized carbons (Fsp3) is 0.308. The van der Waals surface area contributed by atoms with Crippen LogP contribution in [0.1, 0.15) is 49.5 Å². The first-order valence-electron chi connectivity index (χ1n) is 11.4. The van der Waals surface area contributed by atoms with Crippen molar-refractivity contribution < 1.29 is 23.1 Å². The van der Waals surface area contributed by atoms with Crippen molar-refractivity contribution >= 4 is 12.0 Å². The quantitative estimate of drug-likeness (QED) is 0.564. The molecule has 2 amide bonds. The second kappa shape index (κ2) is 9.88. The Morgan fingerprint density at radius 2 is 1.83 bits per heavy atom. The topological polar surface area (TPSA) is 102 Å². The summed E-state index contributed by atoms with van der Waals surface area (Å²) in [5.41, 5.74) is 0.115. The second-order valence-electron chi connectivity index (χ2n) is 9.52. The second-order valence-corrected chi connectivity index (χ2v) is 9.52. The summed E-state index contributed by atoms with van der Waals surface area (Å²) in [6.07, 6.45) is 1.00. The van der Waals surface area contributed by atoms with Crippen molar-refractivity contribution in [2.75, 3.05) is 0 Å². The smallest absolute Gasteiger partial charge is 0.408 e. The number of hydrogen-bond donors (Lipinski definition) is 2. The maximum atomic E-state index is 14.8. The molecule has 2 aromatic carbocycles. The highest BCUT2D eigenvalue weighted by Gasteiger charge is 2.38. The summed E-state index contributed by atoms with van der Waals surface area (Å²) in [4.78, 5) is 38.7. The van der Waals surface area contributed by atoms with Crippen molar-refractivity contribution in [1.82, 2.24) is 20.4 Å². The lowest BCUT2D eigenvalue weighted by atomic mass is 10.0. The number of aromatic nitrogens is 2. The van der Waals surface area contributed by atoms with E-state index in [1.807, 2.05) is 24.3 Å².